The van der Waals surface area contributed by atoms with E-state index in [0.717, 1.165) is 37.5 Å². The zero-order chi connectivity index (χ0) is 19.7. The van der Waals surface area contributed by atoms with E-state index in [4.69, 9.17) is 0 Å². The highest BCUT2D eigenvalue weighted by atomic mass is 32.2. The number of hydrogen-bond donors (Lipinski definition) is 2. The van der Waals surface area contributed by atoms with Crippen LogP contribution in [0.4, 0.5) is 11.4 Å². The van der Waals surface area contributed by atoms with E-state index < -0.39 is 16.0 Å². The van der Waals surface area contributed by atoms with Gasteiger partial charge in [0.05, 0.1) is 9.82 Å². The molecule has 0 bridgehead atoms. The van der Waals surface area contributed by atoms with E-state index in [0.29, 0.717) is 11.7 Å². The second-order valence-corrected chi connectivity index (χ2v) is 9.65. The van der Waals surface area contributed by atoms with Crippen LogP contribution >= 0.6 is 0 Å². The highest BCUT2D eigenvalue weighted by Crippen LogP contribution is 2.37. The minimum absolute atomic E-state index is 0.0525. The summed E-state index contributed by atoms with van der Waals surface area (Å²) >= 11 is -2.22. The van der Waals surface area contributed by atoms with Crippen LogP contribution in [0.2, 0.25) is 0 Å². The number of nitrogens with one attached hydrogen (secondary N) is 1. The van der Waals surface area contributed by atoms with Gasteiger partial charge >= 0.3 is 0 Å². The predicted molar refractivity (Wildman–Crippen MR) is 109 cm³/mol. The van der Waals surface area contributed by atoms with Crippen LogP contribution in [-0.4, -0.2) is 43.8 Å². The van der Waals surface area contributed by atoms with Crippen molar-refractivity contribution >= 4 is 22.5 Å². The molecule has 0 aliphatic heterocycles. The molecule has 2 N–H and O–H groups in total. The number of anilines is 1. The Morgan fingerprint density at radius 1 is 1.07 bits per heavy atom. The van der Waals surface area contributed by atoms with Gasteiger partial charge in [0.25, 0.3) is 5.69 Å². The summed E-state index contributed by atoms with van der Waals surface area (Å²) in [5.41, 5.74) is 0.307. The fourth-order valence-electron chi connectivity index (χ4n) is 4.34. The normalized spacial score (nSPS) is 26.2. The zero-order valence-corrected chi connectivity index (χ0v) is 16.9. The maximum Gasteiger partial charge on any atom is 0.293 e. The van der Waals surface area contributed by atoms with Gasteiger partial charge in [-0.2, -0.15) is 0 Å². The van der Waals surface area contributed by atoms with Crippen molar-refractivity contribution in [2.45, 2.75) is 68.3 Å². The topological polar surface area (TPSA) is 95.7 Å². The highest BCUT2D eigenvalue weighted by Gasteiger charge is 2.34. The Morgan fingerprint density at radius 2 is 1.68 bits per heavy atom. The summed E-state index contributed by atoms with van der Waals surface area (Å²) in [4.78, 5) is 13.7. The molecule has 1 aromatic rings. The fraction of sp³-hybridized carbons (Fsp3) is 0.700. The van der Waals surface area contributed by atoms with Gasteiger partial charge in [-0.3, -0.25) is 15.0 Å². The first kappa shape index (κ1) is 19.8. The number of benzene rings is 1. The van der Waals surface area contributed by atoms with Crippen molar-refractivity contribution in [1.82, 2.24) is 4.90 Å². The van der Waals surface area contributed by atoms with Gasteiger partial charge in [-0.25, -0.2) is 4.21 Å². The van der Waals surface area contributed by atoms with Crippen molar-refractivity contribution in [1.29, 1.82) is 0 Å². The summed E-state index contributed by atoms with van der Waals surface area (Å²) < 4.78 is 20.4. The number of nitrogens with zero attached hydrogens (tertiary/aromatic N) is 2. The lowest BCUT2D eigenvalue weighted by Gasteiger charge is -2.37. The van der Waals surface area contributed by atoms with E-state index in [2.05, 4.69) is 10.2 Å². The van der Waals surface area contributed by atoms with Crippen LogP contribution in [0.3, 0.4) is 0 Å². The summed E-state index contributed by atoms with van der Waals surface area (Å²) in [6, 6.07) is 5.08. The van der Waals surface area contributed by atoms with Crippen molar-refractivity contribution in [3.63, 3.8) is 0 Å². The molecule has 3 aliphatic carbocycles. The number of hydrogen-bond acceptors (Lipinski definition) is 5. The molecule has 3 aliphatic rings. The molecule has 0 saturated heterocycles. The average Bonchev–Trinajstić information content (AvgIpc) is 3.58. The third kappa shape index (κ3) is 5.10. The van der Waals surface area contributed by atoms with Crippen LogP contribution in [-0.2, 0) is 11.1 Å². The van der Waals surface area contributed by atoms with Gasteiger partial charge in [-0.05, 0) is 75.3 Å². The van der Waals surface area contributed by atoms with Crippen LogP contribution in [0.1, 0.15) is 51.4 Å². The van der Waals surface area contributed by atoms with Crippen LogP contribution in [0.25, 0.3) is 0 Å². The molecule has 0 heterocycles. The van der Waals surface area contributed by atoms with Gasteiger partial charge in [-0.1, -0.05) is 0 Å². The first-order valence-corrected chi connectivity index (χ1v) is 11.5. The molecule has 0 radical (unpaired) electrons. The average molecular weight is 408 g/mol. The van der Waals surface area contributed by atoms with Crippen LogP contribution in [0.15, 0.2) is 23.1 Å². The first-order chi connectivity index (χ1) is 13.5. The molecule has 0 aromatic heterocycles. The van der Waals surface area contributed by atoms with E-state index in [1.807, 2.05) is 0 Å². The molecular formula is C20H29N3O4S. The smallest absolute Gasteiger partial charge is 0.293 e. The Labute approximate surface area is 168 Å². The van der Waals surface area contributed by atoms with E-state index in [1.165, 1.54) is 50.9 Å². The van der Waals surface area contributed by atoms with Crippen molar-refractivity contribution in [3.8, 4) is 0 Å². The summed E-state index contributed by atoms with van der Waals surface area (Å²) in [6.07, 6.45) is 9.80. The van der Waals surface area contributed by atoms with Gasteiger partial charge in [0, 0.05) is 31.2 Å². The van der Waals surface area contributed by atoms with Crippen molar-refractivity contribution in [2.75, 3.05) is 18.4 Å². The van der Waals surface area contributed by atoms with E-state index in [1.54, 1.807) is 6.07 Å². The number of rotatable bonds is 9. The zero-order valence-electron chi connectivity index (χ0n) is 16.1. The minimum atomic E-state index is -2.22. The molecule has 4 rings (SSSR count). The molecule has 7 nitrogen and oxygen atoms in total. The second-order valence-electron chi connectivity index (χ2n) is 8.68. The van der Waals surface area contributed by atoms with Gasteiger partial charge < -0.3 is 9.87 Å². The molecule has 1 aromatic carbocycles. The van der Waals surface area contributed by atoms with Gasteiger partial charge in [0.2, 0.25) is 0 Å². The molecule has 8 heteroatoms. The summed E-state index contributed by atoms with van der Waals surface area (Å²) in [7, 11) is 0. The molecule has 0 spiro atoms. The monoisotopic (exact) mass is 407 g/mol. The molecule has 1 atom stereocenters. The summed E-state index contributed by atoms with van der Waals surface area (Å²) in [5, 5.41) is 14.7. The maximum absolute atomic E-state index is 11.4. The van der Waals surface area contributed by atoms with E-state index in [9.17, 15) is 18.9 Å². The highest BCUT2D eigenvalue weighted by molar-refractivity contribution is 7.79. The number of nitro groups is 1. The largest absolute Gasteiger partial charge is 0.377 e. The van der Waals surface area contributed by atoms with Crippen molar-refractivity contribution < 1.29 is 13.7 Å². The number of nitro benzene ring substituents is 1. The minimum Gasteiger partial charge on any atom is -0.377 e. The lowest BCUT2D eigenvalue weighted by Crippen LogP contribution is -2.42. The Hall–Kier alpha value is -1.51. The SMILES string of the molecule is O=[N+]([O-])c1cc(S(=O)O)ccc1NC1CCC(N(CC2CC2)CC2CC2)CC1. The molecule has 28 heavy (non-hydrogen) atoms. The van der Waals surface area contributed by atoms with Crippen LogP contribution in [0, 0.1) is 22.0 Å². The summed E-state index contributed by atoms with van der Waals surface area (Å²) in [5.74, 6) is 1.82. The molecule has 154 valence electrons. The predicted octanol–water partition coefficient (Wildman–Crippen LogP) is 4.02. The fourth-order valence-corrected chi connectivity index (χ4v) is 4.73. The van der Waals surface area contributed by atoms with E-state index in [-0.39, 0.29) is 16.6 Å². The lowest BCUT2D eigenvalue weighted by molar-refractivity contribution is -0.384. The third-order valence-electron chi connectivity index (χ3n) is 6.32. The first-order valence-electron chi connectivity index (χ1n) is 10.4. The lowest BCUT2D eigenvalue weighted by atomic mass is 9.89. The van der Waals surface area contributed by atoms with Crippen LogP contribution in [0.5, 0.6) is 0 Å². The maximum atomic E-state index is 11.4. The van der Waals surface area contributed by atoms with Crippen LogP contribution < -0.4 is 5.32 Å². The standard InChI is InChI=1S/C20H29N3O4S/c24-23(25)20-11-18(28(26)27)9-10-19(20)21-16-5-7-17(8-6-16)22(12-14-1-2-14)13-15-3-4-15/h9-11,14-17,21H,1-8,12-13H2,(H,26,27). The second kappa shape index (κ2) is 8.47. The quantitative estimate of drug-likeness (QED) is 0.365. The molecule has 3 saturated carbocycles. The molecule has 0 amide bonds. The molecule has 1 unspecified atom stereocenters. The Morgan fingerprint density at radius 3 is 2.18 bits per heavy atom. The van der Waals surface area contributed by atoms with Gasteiger partial charge in [-0.15, -0.1) is 0 Å². The Kier molecular flexibility index (Phi) is 5.99. The van der Waals surface area contributed by atoms with Gasteiger partial charge in [0.15, 0.2) is 11.1 Å². The Balaban J connectivity index is 1.35. The van der Waals surface area contributed by atoms with Gasteiger partial charge in [0.1, 0.15) is 5.69 Å². The third-order valence-corrected chi connectivity index (χ3v) is 6.98. The molecule has 3 fully saturated rings. The Bertz CT molecular complexity index is 729. The molecular weight excluding hydrogens is 378 g/mol. The van der Waals surface area contributed by atoms with Crippen molar-refractivity contribution in [3.05, 3.63) is 28.3 Å². The van der Waals surface area contributed by atoms with Crippen molar-refractivity contribution in [2.24, 2.45) is 11.8 Å². The van der Waals surface area contributed by atoms with E-state index >= 15 is 0 Å². The summed E-state index contributed by atoms with van der Waals surface area (Å²) in [6.45, 7) is 2.51.